The number of carbonyl (C=O) groups excluding carboxylic acids is 1. The van der Waals surface area contributed by atoms with Gasteiger partial charge in [-0.2, -0.15) is 0 Å². The number of aryl methyl sites for hydroxylation is 1. The number of allylic oxidation sites excluding steroid dienone is 1. The number of nitrogens with one attached hydrogen (secondary N) is 1. The molecule has 2 heterocycles. The van der Waals surface area contributed by atoms with E-state index in [1.54, 1.807) is 0 Å². The molecule has 0 unspecified atom stereocenters. The molecule has 1 N–H and O–H groups in total. The van der Waals surface area contributed by atoms with Crippen LogP contribution in [0.2, 0.25) is 5.15 Å². The van der Waals surface area contributed by atoms with Crippen LogP contribution in [0.3, 0.4) is 0 Å². The highest BCUT2D eigenvalue weighted by Crippen LogP contribution is 2.34. The van der Waals surface area contributed by atoms with Crippen LogP contribution < -0.4 is 0 Å². The van der Waals surface area contributed by atoms with Crippen LogP contribution >= 0.6 is 11.6 Å². The lowest BCUT2D eigenvalue weighted by Crippen LogP contribution is -2.13. The summed E-state index contributed by atoms with van der Waals surface area (Å²) in [5.74, 6) is 0.0431. The van der Waals surface area contributed by atoms with E-state index in [-0.39, 0.29) is 5.78 Å². The molecule has 144 valence electrons. The van der Waals surface area contributed by atoms with E-state index >= 15 is 0 Å². The van der Waals surface area contributed by atoms with Crippen LogP contribution in [0.15, 0.2) is 72.3 Å². The zero-order valence-corrected chi connectivity index (χ0v) is 16.8. The second kappa shape index (κ2) is 6.54. The lowest BCUT2D eigenvalue weighted by molar-refractivity contribution is 0.102. The fraction of sp³-hybridized carbons (Fsp3) is 0.0769. The molecule has 4 heteroatoms. The summed E-state index contributed by atoms with van der Waals surface area (Å²) < 4.78 is 0. The molecule has 0 bridgehead atoms. The summed E-state index contributed by atoms with van der Waals surface area (Å²) in [7, 11) is 0. The molecule has 30 heavy (non-hydrogen) atoms. The van der Waals surface area contributed by atoms with Gasteiger partial charge in [0.05, 0.1) is 11.2 Å². The molecular formula is C26H17ClN2O. The number of rotatable bonds is 1. The molecule has 0 aliphatic heterocycles. The minimum Gasteiger partial charge on any atom is -0.352 e. The number of aromatic nitrogens is 2. The van der Waals surface area contributed by atoms with Crippen molar-refractivity contribution in [2.45, 2.75) is 12.8 Å². The Balaban J connectivity index is 1.50. The number of hydrogen-bond donors (Lipinski definition) is 1. The molecular weight excluding hydrogens is 392 g/mol. The van der Waals surface area contributed by atoms with Gasteiger partial charge < -0.3 is 4.98 Å². The van der Waals surface area contributed by atoms with Crippen molar-refractivity contribution < 1.29 is 4.79 Å². The maximum absolute atomic E-state index is 13.2. The Bertz CT molecular complexity index is 1530. The third-order valence-corrected chi connectivity index (χ3v) is 6.31. The van der Waals surface area contributed by atoms with Crippen molar-refractivity contribution >= 4 is 56.0 Å². The predicted octanol–water partition coefficient (Wildman–Crippen LogP) is 6.74. The Morgan fingerprint density at radius 1 is 0.900 bits per heavy atom. The third-order valence-electron chi connectivity index (χ3n) is 6.01. The average molecular weight is 409 g/mol. The number of pyridine rings is 1. The first kappa shape index (κ1) is 17.4. The molecule has 3 nitrogen and oxygen atoms in total. The van der Waals surface area contributed by atoms with Crippen LogP contribution in [0.4, 0.5) is 0 Å². The van der Waals surface area contributed by atoms with Crippen LogP contribution in [0.1, 0.15) is 28.0 Å². The minimum absolute atomic E-state index is 0.0431. The first-order valence-corrected chi connectivity index (χ1v) is 10.4. The molecule has 6 rings (SSSR count). The Morgan fingerprint density at radius 3 is 2.60 bits per heavy atom. The number of fused-ring (bicyclic) bond motifs is 6. The van der Waals surface area contributed by atoms with E-state index in [9.17, 15) is 4.79 Å². The normalized spacial score (nSPS) is 15.4. The quantitative estimate of drug-likeness (QED) is 0.190. The van der Waals surface area contributed by atoms with Gasteiger partial charge in [-0.3, -0.25) is 4.79 Å². The number of para-hydroxylation sites is 1. The van der Waals surface area contributed by atoms with E-state index in [4.69, 9.17) is 11.6 Å². The number of halogens is 1. The fourth-order valence-corrected chi connectivity index (χ4v) is 4.73. The van der Waals surface area contributed by atoms with Crippen molar-refractivity contribution in [3.63, 3.8) is 0 Å². The summed E-state index contributed by atoms with van der Waals surface area (Å²) in [6, 6.07) is 22.4. The second-order valence-corrected chi connectivity index (χ2v) is 8.10. The largest absolute Gasteiger partial charge is 0.352 e. The van der Waals surface area contributed by atoms with E-state index in [1.807, 2.05) is 48.5 Å². The molecule has 0 fully saturated rings. The minimum atomic E-state index is 0.0431. The Hall–Kier alpha value is -3.43. The lowest BCUT2D eigenvalue weighted by atomic mass is 9.89. The van der Waals surface area contributed by atoms with Gasteiger partial charge in [-0.1, -0.05) is 60.1 Å². The summed E-state index contributed by atoms with van der Waals surface area (Å²) in [5, 5.41) is 4.88. The van der Waals surface area contributed by atoms with Crippen molar-refractivity contribution in [1.29, 1.82) is 0 Å². The number of aromatic amines is 1. The molecule has 0 amide bonds. The standard InChI is InChI=1S/C26H17ClN2O/c27-26-17(14-21-18-6-2-1-5-15(18)10-12-23(21)29-26)13-16-9-11-20-19-7-3-4-8-22(19)28-24(20)25(16)30/h1-8,10,12-14,28H,9,11H2/b16-13+. The van der Waals surface area contributed by atoms with E-state index in [1.165, 1.54) is 0 Å². The summed E-state index contributed by atoms with van der Waals surface area (Å²) in [4.78, 5) is 21.1. The highest BCUT2D eigenvalue weighted by Gasteiger charge is 2.26. The Kier molecular flexibility index (Phi) is 3.80. The fourth-order valence-electron chi connectivity index (χ4n) is 4.53. The van der Waals surface area contributed by atoms with Crippen LogP contribution in [0, 0.1) is 0 Å². The highest BCUT2D eigenvalue weighted by atomic mass is 35.5. The number of hydrogen-bond acceptors (Lipinski definition) is 2. The number of benzene rings is 3. The van der Waals surface area contributed by atoms with Crippen molar-refractivity contribution in [1.82, 2.24) is 9.97 Å². The lowest BCUT2D eigenvalue weighted by Gasteiger charge is -2.15. The topological polar surface area (TPSA) is 45.8 Å². The van der Waals surface area contributed by atoms with Gasteiger partial charge in [0.25, 0.3) is 0 Å². The molecule has 0 spiro atoms. The van der Waals surface area contributed by atoms with Crippen LogP contribution in [0.25, 0.3) is 38.7 Å². The summed E-state index contributed by atoms with van der Waals surface area (Å²) in [6.07, 6.45) is 3.43. The van der Waals surface area contributed by atoms with Crippen molar-refractivity contribution in [3.8, 4) is 0 Å². The zero-order chi connectivity index (χ0) is 20.2. The molecule has 1 aliphatic carbocycles. The molecule has 3 aromatic carbocycles. The van der Waals surface area contributed by atoms with Crippen LogP contribution in [0.5, 0.6) is 0 Å². The van der Waals surface area contributed by atoms with Crippen molar-refractivity contribution in [3.05, 3.63) is 94.3 Å². The van der Waals surface area contributed by atoms with Crippen LogP contribution in [-0.4, -0.2) is 15.8 Å². The van der Waals surface area contributed by atoms with E-state index in [0.29, 0.717) is 17.3 Å². The van der Waals surface area contributed by atoms with Gasteiger partial charge in [0, 0.05) is 27.4 Å². The Morgan fingerprint density at radius 2 is 1.70 bits per heavy atom. The van der Waals surface area contributed by atoms with E-state index in [0.717, 1.165) is 55.7 Å². The monoisotopic (exact) mass is 408 g/mol. The molecule has 0 radical (unpaired) electrons. The summed E-state index contributed by atoms with van der Waals surface area (Å²) in [5.41, 5.74) is 5.22. The summed E-state index contributed by atoms with van der Waals surface area (Å²) >= 11 is 6.51. The molecule has 0 saturated carbocycles. The van der Waals surface area contributed by atoms with Gasteiger partial charge in [0.15, 0.2) is 0 Å². The second-order valence-electron chi connectivity index (χ2n) is 7.74. The van der Waals surface area contributed by atoms with Gasteiger partial charge in [-0.05, 0) is 53.5 Å². The SMILES string of the molecule is O=C1/C(=C/c2cc3c(ccc4ccccc43)nc2Cl)CCc2c1[nH]c1ccccc21. The highest BCUT2D eigenvalue weighted by molar-refractivity contribution is 6.32. The molecule has 0 saturated heterocycles. The number of ketones is 1. The van der Waals surface area contributed by atoms with Gasteiger partial charge in [0.1, 0.15) is 5.15 Å². The Labute approximate surface area is 178 Å². The zero-order valence-electron chi connectivity index (χ0n) is 16.1. The predicted molar refractivity (Wildman–Crippen MR) is 123 cm³/mol. The molecule has 5 aromatic rings. The number of carbonyl (C=O) groups is 1. The first-order valence-electron chi connectivity index (χ1n) is 10.0. The molecule has 1 aliphatic rings. The molecule has 2 aromatic heterocycles. The summed E-state index contributed by atoms with van der Waals surface area (Å²) in [6.45, 7) is 0. The van der Waals surface area contributed by atoms with Gasteiger partial charge in [0.2, 0.25) is 5.78 Å². The average Bonchev–Trinajstić information content (AvgIpc) is 3.16. The van der Waals surface area contributed by atoms with Crippen LogP contribution in [-0.2, 0) is 6.42 Å². The smallest absolute Gasteiger partial charge is 0.205 e. The maximum atomic E-state index is 13.2. The maximum Gasteiger partial charge on any atom is 0.205 e. The van der Waals surface area contributed by atoms with Crippen molar-refractivity contribution in [2.75, 3.05) is 0 Å². The first-order chi connectivity index (χ1) is 14.7. The van der Waals surface area contributed by atoms with Gasteiger partial charge >= 0.3 is 0 Å². The number of Topliss-reactive ketones (excluding diaryl/α,β-unsaturated/α-hetero) is 1. The third kappa shape index (κ3) is 2.59. The number of nitrogens with zero attached hydrogens (tertiary/aromatic N) is 1. The van der Waals surface area contributed by atoms with E-state index in [2.05, 4.69) is 34.2 Å². The molecule has 0 atom stereocenters. The van der Waals surface area contributed by atoms with E-state index < -0.39 is 0 Å². The number of H-pyrrole nitrogens is 1. The van der Waals surface area contributed by atoms with Crippen molar-refractivity contribution in [2.24, 2.45) is 0 Å². The van der Waals surface area contributed by atoms with Gasteiger partial charge in [-0.15, -0.1) is 0 Å². The van der Waals surface area contributed by atoms with Gasteiger partial charge in [-0.25, -0.2) is 4.98 Å².